The van der Waals surface area contributed by atoms with Gasteiger partial charge in [0.2, 0.25) is 0 Å². The van der Waals surface area contributed by atoms with Gasteiger partial charge in [-0.05, 0) is 38.2 Å². The van der Waals surface area contributed by atoms with Gasteiger partial charge < -0.3 is 14.7 Å². The van der Waals surface area contributed by atoms with E-state index in [9.17, 15) is 4.39 Å². The minimum atomic E-state index is -0.420. The van der Waals surface area contributed by atoms with Crippen LogP contribution in [0.4, 0.5) is 4.39 Å². The van der Waals surface area contributed by atoms with Crippen molar-refractivity contribution >= 4 is 0 Å². The zero-order valence-electron chi connectivity index (χ0n) is 9.74. The molecule has 0 saturated heterocycles. The van der Waals surface area contributed by atoms with Crippen LogP contribution in [0.25, 0.3) is 0 Å². The van der Waals surface area contributed by atoms with Gasteiger partial charge in [0.1, 0.15) is 0 Å². The maximum absolute atomic E-state index is 13.4. The third kappa shape index (κ3) is 4.16. The second-order valence-corrected chi connectivity index (χ2v) is 3.93. The van der Waals surface area contributed by atoms with Crippen molar-refractivity contribution in [2.75, 3.05) is 27.2 Å². The highest BCUT2D eigenvalue weighted by Crippen LogP contribution is 2.18. The van der Waals surface area contributed by atoms with Crippen molar-refractivity contribution < 1.29 is 14.2 Å². The molecule has 0 fully saturated rings. The number of rotatable bonds is 6. The molecule has 0 heterocycles. The van der Waals surface area contributed by atoms with Gasteiger partial charge in [0, 0.05) is 6.54 Å². The molecular weight excluding hydrogens is 209 g/mol. The fourth-order valence-electron chi connectivity index (χ4n) is 1.32. The molecular formula is C12H18FNO2. The molecule has 4 heteroatoms. The largest absolute Gasteiger partial charge is 0.490 e. The van der Waals surface area contributed by atoms with Gasteiger partial charge in [-0.3, -0.25) is 0 Å². The Morgan fingerprint density at radius 3 is 2.69 bits per heavy atom. The van der Waals surface area contributed by atoms with Gasteiger partial charge in [-0.1, -0.05) is 6.07 Å². The van der Waals surface area contributed by atoms with Crippen molar-refractivity contribution in [3.05, 3.63) is 29.6 Å². The molecule has 1 N–H and O–H groups in total. The topological polar surface area (TPSA) is 32.7 Å². The highest BCUT2D eigenvalue weighted by atomic mass is 19.1. The van der Waals surface area contributed by atoms with Gasteiger partial charge in [-0.25, -0.2) is 4.39 Å². The molecule has 1 rings (SSSR count). The van der Waals surface area contributed by atoms with Gasteiger partial charge in [-0.15, -0.1) is 0 Å². The van der Waals surface area contributed by atoms with E-state index in [2.05, 4.69) is 4.90 Å². The van der Waals surface area contributed by atoms with Gasteiger partial charge in [-0.2, -0.15) is 0 Å². The van der Waals surface area contributed by atoms with E-state index >= 15 is 0 Å². The van der Waals surface area contributed by atoms with Crippen molar-refractivity contribution in [1.82, 2.24) is 4.90 Å². The zero-order valence-corrected chi connectivity index (χ0v) is 9.74. The Morgan fingerprint density at radius 1 is 1.38 bits per heavy atom. The molecule has 0 aliphatic carbocycles. The molecule has 1 aromatic rings. The molecule has 1 aromatic carbocycles. The van der Waals surface area contributed by atoms with Crippen LogP contribution in [0, 0.1) is 5.82 Å². The van der Waals surface area contributed by atoms with Crippen molar-refractivity contribution in [3.8, 4) is 5.75 Å². The van der Waals surface area contributed by atoms with Crippen molar-refractivity contribution in [3.63, 3.8) is 0 Å². The standard InChI is InChI=1S/C12H18FNO2/c1-14(2)6-3-7-16-12-5-4-10(9-15)8-11(12)13/h4-5,8,15H,3,6-7,9H2,1-2H3. The fraction of sp³-hybridized carbons (Fsp3) is 0.500. The van der Waals surface area contributed by atoms with Gasteiger partial charge in [0.05, 0.1) is 13.2 Å². The lowest BCUT2D eigenvalue weighted by Gasteiger charge is -2.11. The molecule has 3 nitrogen and oxygen atoms in total. The molecule has 0 radical (unpaired) electrons. The molecule has 0 bridgehead atoms. The van der Waals surface area contributed by atoms with Crippen molar-refractivity contribution in [1.29, 1.82) is 0 Å². The van der Waals surface area contributed by atoms with Crippen LogP contribution in [0.3, 0.4) is 0 Å². The van der Waals surface area contributed by atoms with Crippen LogP contribution in [-0.2, 0) is 6.61 Å². The number of hydrogen-bond acceptors (Lipinski definition) is 3. The van der Waals surface area contributed by atoms with E-state index < -0.39 is 5.82 Å². The summed E-state index contributed by atoms with van der Waals surface area (Å²) >= 11 is 0. The molecule has 16 heavy (non-hydrogen) atoms. The Labute approximate surface area is 95.5 Å². The van der Waals surface area contributed by atoms with Crippen LogP contribution in [0.15, 0.2) is 18.2 Å². The van der Waals surface area contributed by atoms with Crippen LogP contribution in [0.2, 0.25) is 0 Å². The lowest BCUT2D eigenvalue weighted by atomic mass is 10.2. The third-order valence-corrected chi connectivity index (χ3v) is 2.19. The first-order valence-electron chi connectivity index (χ1n) is 5.30. The first-order chi connectivity index (χ1) is 7.63. The fourth-order valence-corrected chi connectivity index (χ4v) is 1.32. The summed E-state index contributed by atoms with van der Waals surface area (Å²) in [6.45, 7) is 1.25. The summed E-state index contributed by atoms with van der Waals surface area (Å²) in [6.07, 6.45) is 0.855. The average Bonchev–Trinajstić information content (AvgIpc) is 2.25. The van der Waals surface area contributed by atoms with Crippen molar-refractivity contribution in [2.45, 2.75) is 13.0 Å². The Balaban J connectivity index is 2.42. The monoisotopic (exact) mass is 227 g/mol. The van der Waals surface area contributed by atoms with E-state index in [4.69, 9.17) is 9.84 Å². The predicted octanol–water partition coefficient (Wildman–Crippen LogP) is 1.65. The summed E-state index contributed by atoms with van der Waals surface area (Å²) in [4.78, 5) is 2.05. The SMILES string of the molecule is CN(C)CCCOc1ccc(CO)cc1F. The van der Waals surface area contributed by atoms with Crippen LogP contribution < -0.4 is 4.74 Å². The van der Waals surface area contributed by atoms with E-state index in [-0.39, 0.29) is 12.4 Å². The Hall–Kier alpha value is -1.13. The molecule has 0 spiro atoms. The smallest absolute Gasteiger partial charge is 0.165 e. The number of benzene rings is 1. The maximum atomic E-state index is 13.4. The Kier molecular flexibility index (Phi) is 5.22. The second-order valence-electron chi connectivity index (χ2n) is 3.93. The lowest BCUT2D eigenvalue weighted by molar-refractivity contribution is 0.267. The number of ether oxygens (including phenoxy) is 1. The number of halogens is 1. The zero-order chi connectivity index (χ0) is 12.0. The first-order valence-corrected chi connectivity index (χ1v) is 5.30. The van der Waals surface area contributed by atoms with Gasteiger partial charge in [0.15, 0.2) is 11.6 Å². The molecule has 0 unspecified atom stereocenters. The molecule has 0 aromatic heterocycles. The molecule has 0 aliphatic heterocycles. The van der Waals surface area contributed by atoms with E-state index in [1.54, 1.807) is 12.1 Å². The number of nitrogens with zero attached hydrogens (tertiary/aromatic N) is 1. The summed E-state index contributed by atoms with van der Waals surface area (Å²) in [7, 11) is 3.97. The minimum Gasteiger partial charge on any atom is -0.490 e. The summed E-state index contributed by atoms with van der Waals surface area (Å²) in [5.74, 6) is -0.174. The van der Waals surface area contributed by atoms with E-state index in [0.717, 1.165) is 13.0 Å². The van der Waals surface area contributed by atoms with Crippen LogP contribution in [0.1, 0.15) is 12.0 Å². The number of aliphatic hydroxyl groups excluding tert-OH is 1. The molecule has 0 amide bonds. The summed E-state index contributed by atoms with van der Waals surface area (Å²) in [5.41, 5.74) is 0.554. The number of aliphatic hydroxyl groups is 1. The van der Waals surface area contributed by atoms with Gasteiger partial charge in [0.25, 0.3) is 0 Å². The first kappa shape index (κ1) is 12.9. The summed E-state index contributed by atoms with van der Waals surface area (Å²) < 4.78 is 18.7. The van der Waals surface area contributed by atoms with Crippen LogP contribution >= 0.6 is 0 Å². The summed E-state index contributed by atoms with van der Waals surface area (Å²) in [5, 5.41) is 8.82. The van der Waals surface area contributed by atoms with Gasteiger partial charge >= 0.3 is 0 Å². The summed E-state index contributed by atoms with van der Waals surface area (Å²) in [6, 6.07) is 4.50. The second kappa shape index (κ2) is 6.45. The van der Waals surface area contributed by atoms with Crippen LogP contribution in [-0.4, -0.2) is 37.3 Å². The highest BCUT2D eigenvalue weighted by molar-refractivity contribution is 5.28. The lowest BCUT2D eigenvalue weighted by Crippen LogP contribution is -2.15. The van der Waals surface area contributed by atoms with Crippen molar-refractivity contribution in [2.24, 2.45) is 0 Å². The van der Waals surface area contributed by atoms with Crippen LogP contribution in [0.5, 0.6) is 5.75 Å². The maximum Gasteiger partial charge on any atom is 0.165 e. The minimum absolute atomic E-state index is 0.155. The molecule has 90 valence electrons. The third-order valence-electron chi connectivity index (χ3n) is 2.19. The molecule has 0 saturated carbocycles. The van der Waals surface area contributed by atoms with E-state index in [1.807, 2.05) is 14.1 Å². The average molecular weight is 227 g/mol. The predicted molar refractivity (Wildman–Crippen MR) is 61.0 cm³/mol. The number of hydrogen-bond donors (Lipinski definition) is 1. The Bertz CT molecular complexity index is 329. The Morgan fingerprint density at radius 2 is 2.12 bits per heavy atom. The van der Waals surface area contributed by atoms with E-state index in [0.29, 0.717) is 12.2 Å². The normalized spacial score (nSPS) is 10.8. The quantitative estimate of drug-likeness (QED) is 0.750. The molecule has 0 atom stereocenters. The van der Waals surface area contributed by atoms with E-state index in [1.165, 1.54) is 6.07 Å². The highest BCUT2D eigenvalue weighted by Gasteiger charge is 2.04. The molecule has 0 aliphatic rings.